The summed E-state index contributed by atoms with van der Waals surface area (Å²) in [6.45, 7) is 1.11. The second-order valence-electron chi connectivity index (χ2n) is 5.63. The van der Waals surface area contributed by atoms with Gasteiger partial charge in [0.2, 0.25) is 10.0 Å². The number of hydrogen-bond donors (Lipinski definition) is 2. The van der Waals surface area contributed by atoms with Gasteiger partial charge in [-0.3, -0.25) is 0 Å². The molecule has 0 bridgehead atoms. The molecular formula is C17H20N3O2S+. The second-order valence-corrected chi connectivity index (χ2v) is 7.37. The summed E-state index contributed by atoms with van der Waals surface area (Å²) in [5.41, 5.74) is 2.22. The minimum Gasteiger partial charge on any atom is -0.336 e. The third-order valence-electron chi connectivity index (χ3n) is 3.34. The van der Waals surface area contributed by atoms with Crippen LogP contribution in [0.2, 0.25) is 0 Å². The quantitative estimate of drug-likeness (QED) is 0.818. The van der Waals surface area contributed by atoms with Crippen LogP contribution in [0, 0.1) is 11.3 Å². The summed E-state index contributed by atoms with van der Waals surface area (Å²) in [4.78, 5) is 1.34. The smallest absolute Gasteiger partial charge is 0.242 e. The lowest BCUT2D eigenvalue weighted by molar-refractivity contribution is -0.872. The highest BCUT2D eigenvalue weighted by Gasteiger charge is 2.17. The van der Waals surface area contributed by atoms with E-state index in [-0.39, 0.29) is 17.0 Å². The van der Waals surface area contributed by atoms with Gasteiger partial charge in [0.05, 0.1) is 24.6 Å². The Bertz CT molecular complexity index is 806. The van der Waals surface area contributed by atoms with Crippen molar-refractivity contribution in [2.75, 3.05) is 14.1 Å². The van der Waals surface area contributed by atoms with Gasteiger partial charge in [-0.1, -0.05) is 36.4 Å². The molecule has 120 valence electrons. The van der Waals surface area contributed by atoms with Gasteiger partial charge in [0.1, 0.15) is 12.6 Å². The van der Waals surface area contributed by atoms with Gasteiger partial charge in [-0.2, -0.15) is 5.26 Å². The fraction of sp³-hybridized carbons (Fsp3) is 0.235. The van der Waals surface area contributed by atoms with Crippen molar-refractivity contribution in [1.82, 2.24) is 4.72 Å². The molecule has 0 aromatic heterocycles. The number of sulfonamides is 1. The number of nitrogens with one attached hydrogen (secondary N) is 2. The number of benzene rings is 2. The van der Waals surface area contributed by atoms with Crippen LogP contribution in [0.1, 0.15) is 16.7 Å². The van der Waals surface area contributed by atoms with Gasteiger partial charge in [0, 0.05) is 12.1 Å². The summed E-state index contributed by atoms with van der Waals surface area (Å²) < 4.78 is 27.2. The van der Waals surface area contributed by atoms with E-state index in [0.29, 0.717) is 0 Å². The first-order valence-corrected chi connectivity index (χ1v) is 8.76. The van der Waals surface area contributed by atoms with E-state index in [4.69, 9.17) is 5.26 Å². The van der Waals surface area contributed by atoms with E-state index in [1.165, 1.54) is 22.6 Å². The maximum atomic E-state index is 12.3. The molecule has 0 aliphatic heterocycles. The van der Waals surface area contributed by atoms with Crippen LogP contribution in [0.4, 0.5) is 0 Å². The molecule has 6 heteroatoms. The molecule has 0 aliphatic carbocycles. The van der Waals surface area contributed by atoms with Gasteiger partial charge < -0.3 is 4.90 Å². The van der Waals surface area contributed by atoms with Crippen molar-refractivity contribution in [3.8, 4) is 6.07 Å². The number of nitrogens with zero attached hydrogens (tertiary/aromatic N) is 1. The number of quaternary nitrogens is 1. The first kappa shape index (κ1) is 17.2. The van der Waals surface area contributed by atoms with E-state index in [9.17, 15) is 8.42 Å². The molecule has 0 heterocycles. The van der Waals surface area contributed by atoms with Crippen LogP contribution < -0.4 is 9.62 Å². The van der Waals surface area contributed by atoms with Crippen molar-refractivity contribution >= 4 is 10.0 Å². The maximum Gasteiger partial charge on any atom is 0.242 e. The zero-order chi connectivity index (χ0) is 16.9. The van der Waals surface area contributed by atoms with E-state index in [1.807, 2.05) is 30.3 Å². The van der Waals surface area contributed by atoms with Crippen molar-refractivity contribution in [1.29, 1.82) is 5.26 Å². The largest absolute Gasteiger partial charge is 0.336 e. The van der Waals surface area contributed by atoms with Crippen LogP contribution in [0.15, 0.2) is 53.4 Å². The van der Waals surface area contributed by atoms with Crippen LogP contribution in [-0.2, 0) is 23.1 Å². The molecule has 0 aliphatic rings. The summed E-state index contributed by atoms with van der Waals surface area (Å²) in [7, 11) is 0.449. The summed E-state index contributed by atoms with van der Waals surface area (Å²) >= 11 is 0. The Labute approximate surface area is 137 Å². The van der Waals surface area contributed by atoms with Crippen LogP contribution in [-0.4, -0.2) is 22.5 Å². The predicted molar refractivity (Wildman–Crippen MR) is 88.1 cm³/mol. The molecular weight excluding hydrogens is 310 g/mol. The van der Waals surface area contributed by atoms with Gasteiger partial charge in [-0.25, -0.2) is 13.1 Å². The van der Waals surface area contributed by atoms with Gasteiger partial charge in [0.25, 0.3) is 0 Å². The normalized spacial score (nSPS) is 11.4. The zero-order valence-corrected chi connectivity index (χ0v) is 14.0. The summed E-state index contributed by atoms with van der Waals surface area (Å²) in [6, 6.07) is 15.9. The topological polar surface area (TPSA) is 74.4 Å². The van der Waals surface area contributed by atoms with Crippen molar-refractivity contribution in [2.24, 2.45) is 0 Å². The standard InChI is InChI=1S/C17H19N3O2S/c1-20(2)13-15-9-7-14(8-10-15)12-19-23(21,22)17-6-4-3-5-16(17)11-18/h3-10,19H,12-13H2,1-2H3/p+1. The molecule has 0 unspecified atom stereocenters. The number of hydrogen-bond acceptors (Lipinski definition) is 3. The lowest BCUT2D eigenvalue weighted by Crippen LogP contribution is -3.04. The molecule has 0 fully saturated rings. The molecule has 0 saturated heterocycles. The Kier molecular flexibility index (Phi) is 5.50. The average molecular weight is 330 g/mol. The summed E-state index contributed by atoms with van der Waals surface area (Å²) in [6.07, 6.45) is 0. The summed E-state index contributed by atoms with van der Waals surface area (Å²) in [5.74, 6) is 0. The van der Waals surface area contributed by atoms with E-state index in [2.05, 4.69) is 18.8 Å². The van der Waals surface area contributed by atoms with E-state index in [1.54, 1.807) is 12.1 Å². The molecule has 2 aromatic rings. The minimum absolute atomic E-state index is 0.00956. The highest BCUT2D eigenvalue weighted by Crippen LogP contribution is 2.14. The zero-order valence-electron chi connectivity index (χ0n) is 13.2. The first-order valence-electron chi connectivity index (χ1n) is 7.28. The highest BCUT2D eigenvalue weighted by molar-refractivity contribution is 7.89. The second kappa shape index (κ2) is 7.38. The highest BCUT2D eigenvalue weighted by atomic mass is 32.2. The van der Waals surface area contributed by atoms with Crippen LogP contribution in [0.5, 0.6) is 0 Å². The predicted octanol–water partition coefficient (Wildman–Crippen LogP) is 0.681. The molecule has 5 nitrogen and oxygen atoms in total. The van der Waals surface area contributed by atoms with Gasteiger partial charge in [0.15, 0.2) is 0 Å². The average Bonchev–Trinajstić information content (AvgIpc) is 2.53. The molecule has 0 amide bonds. The lowest BCUT2D eigenvalue weighted by atomic mass is 10.1. The molecule has 0 spiro atoms. The Morgan fingerprint density at radius 3 is 2.26 bits per heavy atom. The van der Waals surface area contributed by atoms with Gasteiger partial charge >= 0.3 is 0 Å². The molecule has 0 atom stereocenters. The molecule has 0 saturated carbocycles. The number of rotatable bonds is 6. The van der Waals surface area contributed by atoms with E-state index in [0.717, 1.165) is 12.1 Å². The van der Waals surface area contributed by atoms with Crippen molar-refractivity contribution in [3.63, 3.8) is 0 Å². The molecule has 2 aromatic carbocycles. The SMILES string of the molecule is C[NH+](C)Cc1ccc(CNS(=O)(=O)c2ccccc2C#N)cc1. The Morgan fingerprint density at radius 1 is 1.04 bits per heavy atom. The fourth-order valence-corrected chi connectivity index (χ4v) is 3.41. The first-order chi connectivity index (χ1) is 10.9. The Hall–Kier alpha value is -2.20. The monoisotopic (exact) mass is 330 g/mol. The third-order valence-corrected chi connectivity index (χ3v) is 4.80. The molecule has 23 heavy (non-hydrogen) atoms. The van der Waals surface area contributed by atoms with E-state index >= 15 is 0 Å². The van der Waals surface area contributed by atoms with E-state index < -0.39 is 10.0 Å². The van der Waals surface area contributed by atoms with Gasteiger partial charge in [-0.15, -0.1) is 0 Å². The van der Waals surface area contributed by atoms with Crippen molar-refractivity contribution < 1.29 is 13.3 Å². The van der Waals surface area contributed by atoms with Crippen LogP contribution in [0.25, 0.3) is 0 Å². The lowest BCUT2D eigenvalue weighted by Gasteiger charge is -2.10. The summed E-state index contributed by atoms with van der Waals surface area (Å²) in [5, 5.41) is 9.03. The molecule has 2 rings (SSSR count). The van der Waals surface area contributed by atoms with Gasteiger partial charge in [-0.05, 0) is 17.7 Å². The third kappa shape index (κ3) is 4.63. The Morgan fingerprint density at radius 2 is 1.65 bits per heavy atom. The van der Waals surface area contributed by atoms with Crippen molar-refractivity contribution in [3.05, 3.63) is 65.2 Å². The minimum atomic E-state index is -3.71. The molecule has 0 radical (unpaired) electrons. The fourth-order valence-electron chi connectivity index (χ4n) is 2.23. The maximum absolute atomic E-state index is 12.3. The molecule has 2 N–H and O–H groups in total. The Balaban J connectivity index is 2.09. The van der Waals surface area contributed by atoms with Crippen LogP contribution in [0.3, 0.4) is 0 Å². The number of nitriles is 1. The van der Waals surface area contributed by atoms with Crippen LogP contribution >= 0.6 is 0 Å². The van der Waals surface area contributed by atoms with Crippen molar-refractivity contribution in [2.45, 2.75) is 18.0 Å².